The topological polar surface area (TPSA) is 49.1 Å². The zero-order chi connectivity index (χ0) is 17.3. The highest BCUT2D eigenvalue weighted by atomic mass is 16.3. The summed E-state index contributed by atoms with van der Waals surface area (Å²) in [6.07, 6.45) is 1.10. The summed E-state index contributed by atoms with van der Waals surface area (Å²) in [4.78, 5) is 14.4. The van der Waals surface area contributed by atoms with Crippen LogP contribution in [0.3, 0.4) is 0 Å². The van der Waals surface area contributed by atoms with Crippen LogP contribution in [0.25, 0.3) is 0 Å². The second-order valence-corrected chi connectivity index (χ2v) is 6.25. The zero-order valence-electron chi connectivity index (χ0n) is 14.6. The van der Waals surface area contributed by atoms with Crippen molar-refractivity contribution >= 4 is 17.3 Å². The van der Waals surface area contributed by atoms with Gasteiger partial charge in [0, 0.05) is 32.6 Å². The molecule has 0 bridgehead atoms. The maximum Gasteiger partial charge on any atom is 0.242 e. The molecule has 1 aliphatic heterocycles. The molecule has 126 valence electrons. The molecule has 0 fully saturated rings. The Bertz CT molecular complexity index is 759. The fourth-order valence-electron chi connectivity index (χ4n) is 2.89. The van der Waals surface area contributed by atoms with Crippen LogP contribution in [0, 0.1) is 6.92 Å². The predicted molar refractivity (Wildman–Crippen MR) is 95.2 cm³/mol. The minimum absolute atomic E-state index is 0.0231. The SMILES string of the molecule is CCC(=O)N1N=C(c2ccc(C)o2)C[C@H]1c1ccc(N(C)C)cc1. The van der Waals surface area contributed by atoms with Crippen LogP contribution in [0.4, 0.5) is 5.69 Å². The highest BCUT2D eigenvalue weighted by Crippen LogP contribution is 2.34. The van der Waals surface area contributed by atoms with Gasteiger partial charge in [-0.3, -0.25) is 4.79 Å². The van der Waals surface area contributed by atoms with Crippen molar-refractivity contribution in [1.82, 2.24) is 5.01 Å². The second kappa shape index (κ2) is 6.51. The minimum Gasteiger partial charge on any atom is -0.460 e. The van der Waals surface area contributed by atoms with E-state index in [4.69, 9.17) is 4.42 Å². The summed E-state index contributed by atoms with van der Waals surface area (Å²) in [7, 11) is 4.02. The van der Waals surface area contributed by atoms with Crippen molar-refractivity contribution in [2.75, 3.05) is 19.0 Å². The van der Waals surface area contributed by atoms with Crippen molar-refractivity contribution < 1.29 is 9.21 Å². The third-order valence-electron chi connectivity index (χ3n) is 4.29. The summed E-state index contributed by atoms with van der Waals surface area (Å²) < 4.78 is 5.69. The summed E-state index contributed by atoms with van der Waals surface area (Å²) in [5, 5.41) is 6.16. The van der Waals surface area contributed by atoms with Gasteiger partial charge in [-0.25, -0.2) is 5.01 Å². The van der Waals surface area contributed by atoms with Crippen molar-refractivity contribution in [2.45, 2.75) is 32.7 Å². The third kappa shape index (κ3) is 3.07. The van der Waals surface area contributed by atoms with Gasteiger partial charge in [0.25, 0.3) is 0 Å². The van der Waals surface area contributed by atoms with Gasteiger partial charge in [0.15, 0.2) is 0 Å². The first-order chi connectivity index (χ1) is 11.5. The molecule has 1 aliphatic rings. The van der Waals surface area contributed by atoms with Gasteiger partial charge in [-0.1, -0.05) is 19.1 Å². The Labute approximate surface area is 142 Å². The molecule has 1 aromatic heterocycles. The third-order valence-corrected chi connectivity index (χ3v) is 4.29. The van der Waals surface area contributed by atoms with Crippen molar-refractivity contribution in [3.05, 3.63) is 53.5 Å². The highest BCUT2D eigenvalue weighted by molar-refractivity contribution is 6.01. The molecule has 0 spiro atoms. The Balaban J connectivity index is 1.90. The number of hydrogen-bond acceptors (Lipinski definition) is 4. The molecule has 3 rings (SSSR count). The lowest BCUT2D eigenvalue weighted by Crippen LogP contribution is -2.26. The zero-order valence-corrected chi connectivity index (χ0v) is 14.6. The quantitative estimate of drug-likeness (QED) is 0.860. The average molecular weight is 325 g/mol. The van der Waals surface area contributed by atoms with Crippen LogP contribution < -0.4 is 4.90 Å². The number of hydrazone groups is 1. The minimum atomic E-state index is -0.0749. The number of anilines is 1. The highest BCUT2D eigenvalue weighted by Gasteiger charge is 2.33. The van der Waals surface area contributed by atoms with E-state index in [0.717, 1.165) is 28.5 Å². The number of furan rings is 1. The van der Waals surface area contributed by atoms with Crippen LogP contribution in [0.1, 0.15) is 42.9 Å². The average Bonchev–Trinajstić information content (AvgIpc) is 3.20. The second-order valence-electron chi connectivity index (χ2n) is 6.25. The first kappa shape index (κ1) is 16.3. The number of hydrogen-bond donors (Lipinski definition) is 0. The van der Waals surface area contributed by atoms with Crippen LogP contribution in [-0.4, -0.2) is 30.7 Å². The van der Waals surface area contributed by atoms with E-state index in [0.29, 0.717) is 12.8 Å². The molecule has 0 saturated carbocycles. The first-order valence-corrected chi connectivity index (χ1v) is 8.23. The molecule has 2 heterocycles. The molecule has 0 aliphatic carbocycles. The van der Waals surface area contributed by atoms with Crippen molar-refractivity contribution in [3.63, 3.8) is 0 Å². The molecule has 1 aromatic carbocycles. The van der Waals surface area contributed by atoms with E-state index in [1.807, 2.05) is 40.1 Å². The largest absolute Gasteiger partial charge is 0.460 e. The smallest absolute Gasteiger partial charge is 0.242 e. The summed E-state index contributed by atoms with van der Waals surface area (Å²) >= 11 is 0. The summed E-state index contributed by atoms with van der Waals surface area (Å²) in [6, 6.07) is 12.0. The van der Waals surface area contributed by atoms with Gasteiger partial charge in [-0.15, -0.1) is 0 Å². The first-order valence-electron chi connectivity index (χ1n) is 8.23. The molecule has 2 aromatic rings. The van der Waals surface area contributed by atoms with E-state index < -0.39 is 0 Å². The van der Waals surface area contributed by atoms with Gasteiger partial charge in [0.1, 0.15) is 17.2 Å². The number of nitrogens with zero attached hydrogens (tertiary/aromatic N) is 3. The van der Waals surface area contributed by atoms with Gasteiger partial charge >= 0.3 is 0 Å². The molecule has 5 nitrogen and oxygen atoms in total. The molecule has 0 N–H and O–H groups in total. The normalized spacial score (nSPS) is 17.1. The molecular weight excluding hydrogens is 302 g/mol. The molecule has 0 unspecified atom stereocenters. The summed E-state index contributed by atoms with van der Waals surface area (Å²) in [5.74, 6) is 1.61. The molecule has 24 heavy (non-hydrogen) atoms. The Hall–Kier alpha value is -2.56. The van der Waals surface area contributed by atoms with E-state index in [2.05, 4.69) is 34.3 Å². The van der Waals surface area contributed by atoms with Crippen LogP contribution >= 0.6 is 0 Å². The van der Waals surface area contributed by atoms with Crippen molar-refractivity contribution in [3.8, 4) is 0 Å². The number of aryl methyl sites for hydroxylation is 1. The predicted octanol–water partition coefficient (Wildman–Crippen LogP) is 3.74. The van der Waals surface area contributed by atoms with Crippen LogP contribution in [0.2, 0.25) is 0 Å². The molecule has 0 saturated heterocycles. The number of rotatable bonds is 4. The Kier molecular flexibility index (Phi) is 4.42. The van der Waals surface area contributed by atoms with Crippen LogP contribution in [0.15, 0.2) is 45.9 Å². The lowest BCUT2D eigenvalue weighted by molar-refractivity contribution is -0.132. The van der Waals surface area contributed by atoms with Gasteiger partial charge in [0.05, 0.1) is 6.04 Å². The monoisotopic (exact) mass is 325 g/mol. The number of benzene rings is 1. The van der Waals surface area contributed by atoms with Gasteiger partial charge < -0.3 is 9.32 Å². The van der Waals surface area contributed by atoms with E-state index in [1.54, 1.807) is 5.01 Å². The molecule has 1 atom stereocenters. The number of carbonyl (C=O) groups excluding carboxylic acids is 1. The van der Waals surface area contributed by atoms with Gasteiger partial charge in [-0.05, 0) is 36.8 Å². The van der Waals surface area contributed by atoms with E-state index in [9.17, 15) is 4.79 Å². The maximum atomic E-state index is 12.3. The van der Waals surface area contributed by atoms with Crippen LogP contribution in [0.5, 0.6) is 0 Å². The van der Waals surface area contributed by atoms with Gasteiger partial charge in [0.2, 0.25) is 5.91 Å². The lowest BCUT2D eigenvalue weighted by Gasteiger charge is -2.22. The molecule has 5 heteroatoms. The molecular formula is C19H23N3O2. The van der Waals surface area contributed by atoms with E-state index in [1.165, 1.54) is 0 Å². The van der Waals surface area contributed by atoms with E-state index in [-0.39, 0.29) is 11.9 Å². The summed E-state index contributed by atoms with van der Waals surface area (Å²) in [6.45, 7) is 3.77. The maximum absolute atomic E-state index is 12.3. The Morgan fingerprint density at radius 3 is 2.50 bits per heavy atom. The standard InChI is InChI=1S/C19H23N3O2/c1-5-19(23)22-17(14-7-9-15(10-8-14)21(3)4)12-16(20-22)18-11-6-13(2)24-18/h6-11,17H,5,12H2,1-4H3/t17-/m0/s1. The van der Waals surface area contributed by atoms with Crippen molar-refractivity contribution in [1.29, 1.82) is 0 Å². The van der Waals surface area contributed by atoms with E-state index >= 15 is 0 Å². The summed E-state index contributed by atoms with van der Waals surface area (Å²) in [5.41, 5.74) is 3.05. The fourth-order valence-corrected chi connectivity index (χ4v) is 2.89. The van der Waals surface area contributed by atoms with Crippen molar-refractivity contribution in [2.24, 2.45) is 5.10 Å². The Morgan fingerprint density at radius 1 is 1.25 bits per heavy atom. The van der Waals surface area contributed by atoms with Gasteiger partial charge in [-0.2, -0.15) is 5.10 Å². The number of carbonyl (C=O) groups is 1. The lowest BCUT2D eigenvalue weighted by atomic mass is 10.0. The molecule has 0 radical (unpaired) electrons. The molecule has 1 amide bonds. The fraction of sp³-hybridized carbons (Fsp3) is 0.368. The Morgan fingerprint density at radius 2 is 1.96 bits per heavy atom. The number of amides is 1. The van der Waals surface area contributed by atoms with Crippen LogP contribution in [-0.2, 0) is 4.79 Å².